The van der Waals surface area contributed by atoms with Crippen molar-refractivity contribution in [3.63, 3.8) is 0 Å². The van der Waals surface area contributed by atoms with Gasteiger partial charge in [0, 0.05) is 16.7 Å². The third-order valence-corrected chi connectivity index (χ3v) is 3.60. The zero-order valence-electron chi connectivity index (χ0n) is 11.0. The average Bonchev–Trinajstić information content (AvgIpc) is 2.48. The van der Waals surface area contributed by atoms with Gasteiger partial charge in [0.15, 0.2) is 6.04 Å². The fourth-order valence-electron chi connectivity index (χ4n) is 2.05. The third kappa shape index (κ3) is 2.94. The number of ether oxygens (including phenoxy) is 2. The first-order valence-corrected chi connectivity index (χ1v) is 6.85. The number of amides is 1. The molecule has 0 aliphatic carbocycles. The van der Waals surface area contributed by atoms with Crippen LogP contribution in [0.2, 0.25) is 0 Å². The Bertz CT molecular complexity index is 535. The van der Waals surface area contributed by atoms with Gasteiger partial charge in [-0.1, -0.05) is 15.9 Å². The molecule has 1 amide bonds. The van der Waals surface area contributed by atoms with Gasteiger partial charge in [0.25, 0.3) is 5.91 Å². The molecule has 1 aromatic carbocycles. The maximum atomic E-state index is 12.6. The molecule has 1 aliphatic heterocycles. The van der Waals surface area contributed by atoms with Crippen LogP contribution in [0.5, 0.6) is 0 Å². The Morgan fingerprint density at radius 1 is 1.50 bits per heavy atom. The molecule has 0 saturated carbocycles. The summed E-state index contributed by atoms with van der Waals surface area (Å²) in [5, 5.41) is 0. The lowest BCUT2D eigenvalue weighted by atomic mass is 10.1. The Balaban J connectivity index is 2.30. The lowest BCUT2D eigenvalue weighted by molar-refractivity contribution is -0.151. The van der Waals surface area contributed by atoms with Crippen molar-refractivity contribution in [2.75, 3.05) is 32.6 Å². The van der Waals surface area contributed by atoms with Crippen LogP contribution in [0, 0.1) is 0 Å². The molecule has 108 valence electrons. The number of rotatable bonds is 2. The first-order valence-electron chi connectivity index (χ1n) is 6.06. The molecule has 0 bridgehead atoms. The van der Waals surface area contributed by atoms with E-state index >= 15 is 0 Å². The molecule has 0 aromatic heterocycles. The number of carbonyl (C=O) groups excluding carboxylic acids is 2. The number of benzene rings is 1. The predicted octanol–water partition coefficient (Wildman–Crippen LogP) is 1.05. The van der Waals surface area contributed by atoms with Gasteiger partial charge in [-0.2, -0.15) is 0 Å². The summed E-state index contributed by atoms with van der Waals surface area (Å²) in [6.07, 6.45) is 0. The fourth-order valence-corrected chi connectivity index (χ4v) is 2.41. The van der Waals surface area contributed by atoms with Crippen LogP contribution in [0.15, 0.2) is 22.7 Å². The van der Waals surface area contributed by atoms with E-state index in [1.54, 1.807) is 18.2 Å². The second-order valence-electron chi connectivity index (χ2n) is 4.34. The Labute approximate surface area is 124 Å². The van der Waals surface area contributed by atoms with Crippen molar-refractivity contribution in [3.8, 4) is 0 Å². The van der Waals surface area contributed by atoms with Crippen molar-refractivity contribution in [2.24, 2.45) is 0 Å². The monoisotopic (exact) mass is 342 g/mol. The van der Waals surface area contributed by atoms with Gasteiger partial charge in [0.1, 0.15) is 0 Å². The molecule has 7 heteroatoms. The molecule has 6 nitrogen and oxygen atoms in total. The molecule has 0 spiro atoms. The Hall–Kier alpha value is -1.60. The van der Waals surface area contributed by atoms with Crippen molar-refractivity contribution in [2.45, 2.75) is 6.04 Å². The summed E-state index contributed by atoms with van der Waals surface area (Å²) in [4.78, 5) is 25.7. The Kier molecular flexibility index (Phi) is 4.61. The van der Waals surface area contributed by atoms with E-state index < -0.39 is 12.0 Å². The highest BCUT2D eigenvalue weighted by Gasteiger charge is 2.34. The molecule has 1 saturated heterocycles. The standard InChI is InChI=1S/C13H15BrN2O4/c1-19-13(18)11-7-20-5-4-16(11)12(17)9-6-8(14)2-3-10(9)15/h2-3,6,11H,4-5,7,15H2,1H3. The van der Waals surface area contributed by atoms with E-state index in [2.05, 4.69) is 15.9 Å². The summed E-state index contributed by atoms with van der Waals surface area (Å²) in [5.41, 5.74) is 6.56. The molecule has 0 radical (unpaired) electrons. The van der Waals surface area contributed by atoms with Gasteiger partial charge in [0.2, 0.25) is 0 Å². The number of hydrogen-bond acceptors (Lipinski definition) is 5. The second-order valence-corrected chi connectivity index (χ2v) is 5.26. The van der Waals surface area contributed by atoms with Gasteiger partial charge in [-0.15, -0.1) is 0 Å². The number of carbonyl (C=O) groups is 2. The quantitative estimate of drug-likeness (QED) is 0.641. The summed E-state index contributed by atoms with van der Waals surface area (Å²) in [5.74, 6) is -0.797. The van der Waals surface area contributed by atoms with E-state index in [-0.39, 0.29) is 12.5 Å². The van der Waals surface area contributed by atoms with Crippen LogP contribution in [0.3, 0.4) is 0 Å². The molecule has 2 N–H and O–H groups in total. The normalized spacial score (nSPS) is 18.7. The molecule has 1 atom stereocenters. The summed E-state index contributed by atoms with van der Waals surface area (Å²) in [7, 11) is 1.28. The summed E-state index contributed by atoms with van der Waals surface area (Å²) in [6, 6.07) is 4.30. The van der Waals surface area contributed by atoms with Crippen LogP contribution in [0.1, 0.15) is 10.4 Å². The molecule has 20 heavy (non-hydrogen) atoms. The van der Waals surface area contributed by atoms with E-state index in [0.29, 0.717) is 24.4 Å². The molecular formula is C13H15BrN2O4. The number of anilines is 1. The highest BCUT2D eigenvalue weighted by atomic mass is 79.9. The lowest BCUT2D eigenvalue weighted by Crippen LogP contribution is -2.53. The van der Waals surface area contributed by atoms with Gasteiger partial charge in [-0.3, -0.25) is 4.79 Å². The average molecular weight is 343 g/mol. The zero-order valence-corrected chi connectivity index (χ0v) is 12.6. The maximum Gasteiger partial charge on any atom is 0.331 e. The molecular weight excluding hydrogens is 328 g/mol. The van der Waals surface area contributed by atoms with E-state index in [0.717, 1.165) is 4.47 Å². The van der Waals surface area contributed by atoms with Gasteiger partial charge in [-0.25, -0.2) is 4.79 Å². The predicted molar refractivity (Wildman–Crippen MR) is 76.2 cm³/mol. The molecule has 1 unspecified atom stereocenters. The topological polar surface area (TPSA) is 81.9 Å². The first-order chi connectivity index (χ1) is 9.54. The maximum absolute atomic E-state index is 12.6. The number of hydrogen-bond donors (Lipinski definition) is 1. The third-order valence-electron chi connectivity index (χ3n) is 3.11. The summed E-state index contributed by atoms with van der Waals surface area (Å²) < 4.78 is 10.7. The number of morpholine rings is 1. The number of nitrogen functional groups attached to an aromatic ring is 1. The van der Waals surface area contributed by atoms with Crippen molar-refractivity contribution in [1.82, 2.24) is 4.90 Å². The van der Waals surface area contributed by atoms with Crippen molar-refractivity contribution >= 4 is 33.5 Å². The summed E-state index contributed by atoms with van der Waals surface area (Å²) in [6.45, 7) is 0.837. The Morgan fingerprint density at radius 3 is 2.95 bits per heavy atom. The number of nitrogens with two attached hydrogens (primary N) is 1. The molecule has 2 rings (SSSR count). The Morgan fingerprint density at radius 2 is 2.25 bits per heavy atom. The lowest BCUT2D eigenvalue weighted by Gasteiger charge is -2.33. The van der Waals surface area contributed by atoms with E-state index in [1.807, 2.05) is 0 Å². The van der Waals surface area contributed by atoms with E-state index in [4.69, 9.17) is 15.2 Å². The largest absolute Gasteiger partial charge is 0.467 e. The van der Waals surface area contributed by atoms with Gasteiger partial charge in [-0.05, 0) is 18.2 Å². The minimum absolute atomic E-state index is 0.131. The van der Waals surface area contributed by atoms with Crippen LogP contribution in [0.25, 0.3) is 0 Å². The van der Waals surface area contributed by atoms with Gasteiger partial charge >= 0.3 is 5.97 Å². The summed E-state index contributed by atoms with van der Waals surface area (Å²) >= 11 is 3.30. The zero-order chi connectivity index (χ0) is 14.7. The molecule has 1 heterocycles. The van der Waals surface area contributed by atoms with Crippen molar-refractivity contribution < 1.29 is 19.1 Å². The van der Waals surface area contributed by atoms with Crippen molar-refractivity contribution in [1.29, 1.82) is 0 Å². The minimum atomic E-state index is -0.736. The van der Waals surface area contributed by atoms with Crippen LogP contribution in [-0.4, -0.2) is 49.7 Å². The minimum Gasteiger partial charge on any atom is -0.467 e. The SMILES string of the molecule is COC(=O)C1COCCN1C(=O)c1cc(Br)ccc1N. The molecule has 1 fully saturated rings. The van der Waals surface area contributed by atoms with Crippen molar-refractivity contribution in [3.05, 3.63) is 28.2 Å². The van der Waals surface area contributed by atoms with Crippen LogP contribution in [-0.2, 0) is 14.3 Å². The highest BCUT2D eigenvalue weighted by Crippen LogP contribution is 2.22. The number of nitrogens with zero attached hydrogens (tertiary/aromatic N) is 1. The number of methoxy groups -OCH3 is 1. The number of esters is 1. The fraction of sp³-hybridized carbons (Fsp3) is 0.385. The highest BCUT2D eigenvalue weighted by molar-refractivity contribution is 9.10. The van der Waals surface area contributed by atoms with Gasteiger partial charge in [0.05, 0.1) is 25.9 Å². The van der Waals surface area contributed by atoms with Crippen LogP contribution in [0.4, 0.5) is 5.69 Å². The first kappa shape index (κ1) is 14.8. The smallest absolute Gasteiger partial charge is 0.331 e. The molecule has 1 aromatic rings. The van der Waals surface area contributed by atoms with Crippen LogP contribution >= 0.6 is 15.9 Å². The number of halogens is 1. The second kappa shape index (κ2) is 6.23. The molecule has 1 aliphatic rings. The van der Waals surface area contributed by atoms with Crippen LogP contribution < -0.4 is 5.73 Å². The van der Waals surface area contributed by atoms with E-state index in [9.17, 15) is 9.59 Å². The van der Waals surface area contributed by atoms with E-state index in [1.165, 1.54) is 12.0 Å². The van der Waals surface area contributed by atoms with Gasteiger partial charge < -0.3 is 20.1 Å².